The number of phenols is 1. The Bertz CT molecular complexity index is 437. The van der Waals surface area contributed by atoms with E-state index in [1.54, 1.807) is 6.07 Å². The summed E-state index contributed by atoms with van der Waals surface area (Å²) >= 11 is 5.59. The highest BCUT2D eigenvalue weighted by molar-refractivity contribution is 6.18. The van der Waals surface area contributed by atoms with Gasteiger partial charge >= 0.3 is 5.97 Å². The molecule has 0 radical (unpaired) electrons. The predicted molar refractivity (Wildman–Crippen MR) is 53.7 cm³/mol. The zero-order valence-corrected chi connectivity index (χ0v) is 8.71. The van der Waals surface area contributed by atoms with E-state index in [0.717, 1.165) is 0 Å². The summed E-state index contributed by atoms with van der Waals surface area (Å²) in [5.74, 6) is -0.924. The van der Waals surface area contributed by atoms with Crippen molar-refractivity contribution in [2.45, 2.75) is 5.88 Å². The van der Waals surface area contributed by atoms with E-state index in [-0.39, 0.29) is 28.3 Å². The van der Waals surface area contributed by atoms with Gasteiger partial charge in [0.1, 0.15) is 11.8 Å². The number of ether oxygens (including phenoxy) is 1. The van der Waals surface area contributed by atoms with Crippen LogP contribution in [-0.4, -0.2) is 18.2 Å². The highest BCUT2D eigenvalue weighted by atomic mass is 35.5. The smallest absolute Gasteiger partial charge is 0.338 e. The van der Waals surface area contributed by atoms with Crippen LogP contribution < -0.4 is 0 Å². The lowest BCUT2D eigenvalue weighted by Crippen LogP contribution is -2.05. The summed E-state index contributed by atoms with van der Waals surface area (Å²) < 4.78 is 4.52. The van der Waals surface area contributed by atoms with Crippen LogP contribution >= 0.6 is 11.6 Å². The summed E-state index contributed by atoms with van der Waals surface area (Å²) in [6, 6.07) is 4.54. The molecule has 15 heavy (non-hydrogen) atoms. The van der Waals surface area contributed by atoms with E-state index in [0.29, 0.717) is 0 Å². The number of carbonyl (C=O) groups excluding carboxylic acids is 1. The highest BCUT2D eigenvalue weighted by Crippen LogP contribution is 2.27. The van der Waals surface area contributed by atoms with Gasteiger partial charge in [-0.2, -0.15) is 5.26 Å². The number of carbonyl (C=O) groups is 1. The first-order chi connectivity index (χ1) is 7.15. The van der Waals surface area contributed by atoms with Crippen LogP contribution in [0.5, 0.6) is 5.75 Å². The first-order valence-electron chi connectivity index (χ1n) is 4.05. The number of nitriles is 1. The van der Waals surface area contributed by atoms with Crippen LogP contribution in [0.3, 0.4) is 0 Å². The molecule has 0 bridgehead atoms. The van der Waals surface area contributed by atoms with E-state index in [2.05, 4.69) is 4.74 Å². The number of nitrogens with zero attached hydrogens (tertiary/aromatic N) is 1. The molecule has 0 aromatic heterocycles. The van der Waals surface area contributed by atoms with Gasteiger partial charge in [0.05, 0.1) is 24.1 Å². The fourth-order valence-electron chi connectivity index (χ4n) is 1.16. The van der Waals surface area contributed by atoms with Crippen molar-refractivity contribution in [1.29, 1.82) is 5.26 Å². The van der Waals surface area contributed by atoms with Crippen LogP contribution in [0.2, 0.25) is 0 Å². The summed E-state index contributed by atoms with van der Waals surface area (Å²) in [6.07, 6.45) is 0. The second-order valence-electron chi connectivity index (χ2n) is 2.72. The number of hydrogen-bond donors (Lipinski definition) is 1. The molecule has 0 heterocycles. The Hall–Kier alpha value is -1.73. The van der Waals surface area contributed by atoms with Crippen LogP contribution in [0, 0.1) is 11.3 Å². The maximum Gasteiger partial charge on any atom is 0.338 e. The molecule has 0 fully saturated rings. The van der Waals surface area contributed by atoms with Gasteiger partial charge in [-0.3, -0.25) is 0 Å². The molecule has 0 aliphatic heterocycles. The molecular weight excluding hydrogens is 218 g/mol. The Morgan fingerprint density at radius 2 is 2.33 bits per heavy atom. The predicted octanol–water partition coefficient (Wildman–Crippen LogP) is 1.79. The number of phenolic OH excluding ortho intramolecular Hbond substituents is 1. The van der Waals surface area contributed by atoms with Crippen LogP contribution in [0.25, 0.3) is 0 Å². The molecule has 1 aromatic carbocycles. The molecule has 0 aliphatic rings. The zero-order valence-electron chi connectivity index (χ0n) is 7.95. The molecule has 5 heteroatoms. The van der Waals surface area contributed by atoms with E-state index in [1.165, 1.54) is 19.2 Å². The Labute approximate surface area is 91.7 Å². The maximum atomic E-state index is 11.3. The molecule has 0 aliphatic carbocycles. The number of methoxy groups -OCH3 is 1. The summed E-state index contributed by atoms with van der Waals surface area (Å²) in [7, 11) is 1.23. The van der Waals surface area contributed by atoms with Crippen LogP contribution in [0.15, 0.2) is 12.1 Å². The van der Waals surface area contributed by atoms with Gasteiger partial charge in [-0.1, -0.05) is 0 Å². The van der Waals surface area contributed by atoms with Gasteiger partial charge < -0.3 is 9.84 Å². The van der Waals surface area contributed by atoms with Crippen LogP contribution in [-0.2, 0) is 10.6 Å². The van der Waals surface area contributed by atoms with Crippen molar-refractivity contribution in [2.24, 2.45) is 0 Å². The number of hydrogen-bond acceptors (Lipinski definition) is 4. The summed E-state index contributed by atoms with van der Waals surface area (Å²) in [4.78, 5) is 11.3. The minimum absolute atomic E-state index is 0.0637. The molecule has 4 nitrogen and oxygen atoms in total. The molecule has 1 N–H and O–H groups in total. The Morgan fingerprint density at radius 1 is 1.67 bits per heavy atom. The van der Waals surface area contributed by atoms with Crippen molar-refractivity contribution in [3.63, 3.8) is 0 Å². The van der Waals surface area contributed by atoms with Gasteiger partial charge in [-0.25, -0.2) is 4.79 Å². The number of esters is 1. The zero-order chi connectivity index (χ0) is 11.4. The number of benzene rings is 1. The van der Waals surface area contributed by atoms with Crippen molar-refractivity contribution in [3.05, 3.63) is 28.8 Å². The number of rotatable bonds is 2. The number of alkyl halides is 1. The van der Waals surface area contributed by atoms with Gasteiger partial charge in [-0.15, -0.1) is 11.6 Å². The third-order valence-electron chi connectivity index (χ3n) is 1.94. The monoisotopic (exact) mass is 225 g/mol. The number of aromatic hydroxyl groups is 1. The average Bonchev–Trinajstić information content (AvgIpc) is 2.27. The van der Waals surface area contributed by atoms with E-state index in [4.69, 9.17) is 16.9 Å². The normalized spacial score (nSPS) is 9.40. The lowest BCUT2D eigenvalue weighted by atomic mass is 10.0. The molecule has 1 aromatic rings. The van der Waals surface area contributed by atoms with E-state index < -0.39 is 5.97 Å². The van der Waals surface area contributed by atoms with Crippen molar-refractivity contribution < 1.29 is 14.6 Å². The molecule has 78 valence electrons. The first-order valence-corrected chi connectivity index (χ1v) is 4.58. The standard InChI is InChI=1S/C10H8ClNO3/c1-15-10(14)7-3-2-6(5-12)9(13)8(7)4-11/h2-3,13H,4H2,1H3. The maximum absolute atomic E-state index is 11.3. The van der Waals surface area contributed by atoms with Gasteiger partial charge in [0.15, 0.2) is 0 Å². The molecular formula is C10H8ClNO3. The van der Waals surface area contributed by atoms with Gasteiger partial charge in [-0.05, 0) is 12.1 Å². The SMILES string of the molecule is COC(=O)c1ccc(C#N)c(O)c1CCl. The van der Waals surface area contributed by atoms with Gasteiger partial charge in [0.25, 0.3) is 0 Å². The van der Waals surface area contributed by atoms with E-state index in [9.17, 15) is 9.90 Å². The molecule has 0 unspecified atom stereocenters. The van der Waals surface area contributed by atoms with E-state index in [1.807, 2.05) is 0 Å². The molecule has 0 saturated heterocycles. The van der Waals surface area contributed by atoms with Crippen molar-refractivity contribution in [2.75, 3.05) is 7.11 Å². The Kier molecular flexibility index (Phi) is 3.53. The first kappa shape index (κ1) is 11.3. The largest absolute Gasteiger partial charge is 0.506 e. The Morgan fingerprint density at radius 3 is 2.80 bits per heavy atom. The minimum atomic E-state index is -0.592. The fourth-order valence-corrected chi connectivity index (χ4v) is 1.43. The molecule has 1 rings (SSSR count). The van der Waals surface area contributed by atoms with Crippen molar-refractivity contribution in [1.82, 2.24) is 0 Å². The second kappa shape index (κ2) is 4.67. The van der Waals surface area contributed by atoms with Crippen molar-refractivity contribution in [3.8, 4) is 11.8 Å². The lowest BCUT2D eigenvalue weighted by Gasteiger charge is -2.08. The summed E-state index contributed by atoms with van der Waals surface area (Å²) in [5.41, 5.74) is 0.463. The molecule has 0 spiro atoms. The average molecular weight is 226 g/mol. The Balaban J connectivity index is 3.39. The van der Waals surface area contributed by atoms with Crippen molar-refractivity contribution >= 4 is 17.6 Å². The lowest BCUT2D eigenvalue weighted by molar-refractivity contribution is 0.0599. The molecule has 0 saturated carbocycles. The highest BCUT2D eigenvalue weighted by Gasteiger charge is 2.17. The third kappa shape index (κ3) is 2.03. The topological polar surface area (TPSA) is 70.3 Å². The van der Waals surface area contributed by atoms with Crippen LogP contribution in [0.4, 0.5) is 0 Å². The minimum Gasteiger partial charge on any atom is -0.506 e. The number of halogens is 1. The van der Waals surface area contributed by atoms with Crippen LogP contribution in [0.1, 0.15) is 21.5 Å². The van der Waals surface area contributed by atoms with Gasteiger partial charge in [0, 0.05) is 5.56 Å². The molecule has 0 amide bonds. The van der Waals surface area contributed by atoms with E-state index >= 15 is 0 Å². The third-order valence-corrected chi connectivity index (χ3v) is 2.21. The summed E-state index contributed by atoms with van der Waals surface area (Å²) in [5, 5.41) is 18.3. The molecule has 0 atom stereocenters. The fraction of sp³-hybridized carbons (Fsp3) is 0.200. The van der Waals surface area contributed by atoms with Gasteiger partial charge in [0.2, 0.25) is 0 Å². The quantitative estimate of drug-likeness (QED) is 0.615. The second-order valence-corrected chi connectivity index (χ2v) is 2.99. The summed E-state index contributed by atoms with van der Waals surface area (Å²) in [6.45, 7) is 0.